The molecule has 2 aromatic rings. The van der Waals surface area contributed by atoms with Gasteiger partial charge in [0.2, 0.25) is 5.91 Å². The van der Waals surface area contributed by atoms with Gasteiger partial charge in [0, 0.05) is 17.9 Å². The van der Waals surface area contributed by atoms with Crippen molar-refractivity contribution in [1.29, 1.82) is 0 Å². The van der Waals surface area contributed by atoms with Gasteiger partial charge in [-0.15, -0.1) is 0 Å². The minimum Gasteiger partial charge on any atom is -0.399 e. The number of para-hydroxylation sites is 1. The minimum atomic E-state index is -0.210. The second kappa shape index (κ2) is 6.24. The molecular weight excluding hydrogens is 248 g/mol. The highest BCUT2D eigenvalue weighted by molar-refractivity contribution is 5.97. The van der Waals surface area contributed by atoms with Crippen molar-refractivity contribution in [3.8, 4) is 0 Å². The standard InChI is InChI=1S/C17H20N2O/c1-3-19(16-10-5-4-6-11-16)17(20)13(2)14-8-7-9-15(18)12-14/h4-13H,3,18H2,1-2H3. The molecule has 0 bridgehead atoms. The number of carbonyl (C=O) groups is 1. The number of nitrogens with two attached hydrogens (primary N) is 1. The van der Waals surface area contributed by atoms with Crippen LogP contribution in [0.3, 0.4) is 0 Å². The van der Waals surface area contributed by atoms with Crippen LogP contribution < -0.4 is 10.6 Å². The van der Waals surface area contributed by atoms with E-state index < -0.39 is 0 Å². The van der Waals surface area contributed by atoms with E-state index in [0.717, 1.165) is 11.3 Å². The van der Waals surface area contributed by atoms with Crippen molar-refractivity contribution in [3.05, 3.63) is 60.2 Å². The highest BCUT2D eigenvalue weighted by Crippen LogP contribution is 2.23. The maximum absolute atomic E-state index is 12.7. The predicted molar refractivity (Wildman–Crippen MR) is 83.7 cm³/mol. The first-order chi connectivity index (χ1) is 9.63. The van der Waals surface area contributed by atoms with Gasteiger partial charge in [-0.25, -0.2) is 0 Å². The lowest BCUT2D eigenvalue weighted by Crippen LogP contribution is -2.34. The summed E-state index contributed by atoms with van der Waals surface area (Å²) in [4.78, 5) is 14.5. The Kier molecular flexibility index (Phi) is 4.41. The zero-order valence-corrected chi connectivity index (χ0v) is 11.9. The number of hydrogen-bond donors (Lipinski definition) is 1. The largest absolute Gasteiger partial charge is 0.399 e. The summed E-state index contributed by atoms with van der Waals surface area (Å²) in [5.74, 6) is -0.122. The first-order valence-electron chi connectivity index (χ1n) is 6.85. The molecule has 1 unspecified atom stereocenters. The number of carbonyl (C=O) groups excluding carboxylic acids is 1. The Balaban J connectivity index is 2.25. The molecule has 3 heteroatoms. The Hall–Kier alpha value is -2.29. The fraction of sp³-hybridized carbons (Fsp3) is 0.235. The second-order valence-corrected chi connectivity index (χ2v) is 4.81. The minimum absolute atomic E-state index is 0.0873. The van der Waals surface area contributed by atoms with Gasteiger partial charge in [-0.05, 0) is 43.7 Å². The van der Waals surface area contributed by atoms with Gasteiger partial charge >= 0.3 is 0 Å². The van der Waals surface area contributed by atoms with Crippen LogP contribution in [0.25, 0.3) is 0 Å². The number of benzene rings is 2. The first kappa shape index (κ1) is 14.1. The topological polar surface area (TPSA) is 46.3 Å². The molecule has 2 aromatic carbocycles. The Bertz CT molecular complexity index is 581. The highest BCUT2D eigenvalue weighted by atomic mass is 16.2. The lowest BCUT2D eigenvalue weighted by molar-refractivity contribution is -0.119. The van der Waals surface area contributed by atoms with Gasteiger partial charge in [-0.2, -0.15) is 0 Å². The molecule has 1 atom stereocenters. The van der Waals surface area contributed by atoms with Crippen LogP contribution in [0.1, 0.15) is 25.3 Å². The molecule has 0 saturated carbocycles. The fourth-order valence-electron chi connectivity index (χ4n) is 2.28. The first-order valence-corrected chi connectivity index (χ1v) is 6.85. The smallest absolute Gasteiger partial charge is 0.234 e. The monoisotopic (exact) mass is 268 g/mol. The van der Waals surface area contributed by atoms with Crippen LogP contribution in [0.5, 0.6) is 0 Å². The summed E-state index contributed by atoms with van der Waals surface area (Å²) >= 11 is 0. The van der Waals surface area contributed by atoms with Gasteiger partial charge < -0.3 is 10.6 Å². The van der Waals surface area contributed by atoms with Crippen LogP contribution in [0.4, 0.5) is 11.4 Å². The maximum Gasteiger partial charge on any atom is 0.234 e. The van der Waals surface area contributed by atoms with E-state index in [4.69, 9.17) is 5.73 Å². The third-order valence-electron chi connectivity index (χ3n) is 3.43. The van der Waals surface area contributed by atoms with Gasteiger partial charge in [0.1, 0.15) is 0 Å². The number of rotatable bonds is 4. The van der Waals surface area contributed by atoms with E-state index >= 15 is 0 Å². The zero-order chi connectivity index (χ0) is 14.5. The molecule has 2 rings (SSSR count). The molecule has 3 nitrogen and oxygen atoms in total. The zero-order valence-electron chi connectivity index (χ0n) is 11.9. The van der Waals surface area contributed by atoms with E-state index in [1.54, 1.807) is 4.90 Å². The molecule has 1 amide bonds. The van der Waals surface area contributed by atoms with Crippen LogP contribution in [0.15, 0.2) is 54.6 Å². The molecule has 0 aliphatic rings. The van der Waals surface area contributed by atoms with E-state index in [-0.39, 0.29) is 11.8 Å². The Morgan fingerprint density at radius 2 is 1.85 bits per heavy atom. The van der Waals surface area contributed by atoms with Gasteiger partial charge in [0.15, 0.2) is 0 Å². The number of amides is 1. The van der Waals surface area contributed by atoms with E-state index in [9.17, 15) is 4.79 Å². The lowest BCUT2D eigenvalue weighted by Gasteiger charge is -2.25. The second-order valence-electron chi connectivity index (χ2n) is 4.81. The van der Waals surface area contributed by atoms with Crippen LogP contribution >= 0.6 is 0 Å². The molecule has 0 spiro atoms. The van der Waals surface area contributed by atoms with E-state index in [2.05, 4.69) is 0 Å². The normalized spacial score (nSPS) is 11.9. The SMILES string of the molecule is CCN(C(=O)C(C)c1cccc(N)c1)c1ccccc1. The third kappa shape index (κ3) is 2.99. The molecule has 0 aromatic heterocycles. The average molecular weight is 268 g/mol. The van der Waals surface area contributed by atoms with E-state index in [0.29, 0.717) is 12.2 Å². The molecule has 0 radical (unpaired) electrons. The van der Waals surface area contributed by atoms with Gasteiger partial charge in [-0.1, -0.05) is 30.3 Å². The van der Waals surface area contributed by atoms with E-state index in [1.165, 1.54) is 0 Å². The van der Waals surface area contributed by atoms with Crippen molar-refractivity contribution >= 4 is 17.3 Å². The Labute approximate surface area is 120 Å². The average Bonchev–Trinajstić information content (AvgIpc) is 2.48. The van der Waals surface area contributed by atoms with Crippen molar-refractivity contribution in [2.45, 2.75) is 19.8 Å². The van der Waals surface area contributed by atoms with Crippen molar-refractivity contribution in [3.63, 3.8) is 0 Å². The van der Waals surface area contributed by atoms with Crippen LogP contribution in [-0.2, 0) is 4.79 Å². The van der Waals surface area contributed by atoms with E-state index in [1.807, 2.05) is 68.4 Å². The Morgan fingerprint density at radius 3 is 2.45 bits per heavy atom. The third-order valence-corrected chi connectivity index (χ3v) is 3.43. The van der Waals surface area contributed by atoms with Crippen molar-refractivity contribution < 1.29 is 4.79 Å². The summed E-state index contributed by atoms with van der Waals surface area (Å²) in [6.07, 6.45) is 0. The number of hydrogen-bond acceptors (Lipinski definition) is 2. The summed E-state index contributed by atoms with van der Waals surface area (Å²) in [5, 5.41) is 0. The van der Waals surface area contributed by atoms with Crippen molar-refractivity contribution in [1.82, 2.24) is 0 Å². The van der Waals surface area contributed by atoms with Gasteiger partial charge in [0.05, 0.1) is 5.92 Å². The van der Waals surface area contributed by atoms with Crippen molar-refractivity contribution in [2.75, 3.05) is 17.2 Å². The molecule has 0 aliphatic carbocycles. The number of nitrogens with zero attached hydrogens (tertiary/aromatic N) is 1. The van der Waals surface area contributed by atoms with Crippen LogP contribution in [0, 0.1) is 0 Å². The predicted octanol–water partition coefficient (Wildman–Crippen LogP) is 3.43. The number of nitrogen functional groups attached to an aromatic ring is 1. The van der Waals surface area contributed by atoms with Gasteiger partial charge in [-0.3, -0.25) is 4.79 Å². The van der Waals surface area contributed by atoms with Crippen molar-refractivity contribution in [2.24, 2.45) is 0 Å². The summed E-state index contributed by atoms with van der Waals surface area (Å²) in [5.41, 5.74) is 8.35. The van der Waals surface area contributed by atoms with Crippen LogP contribution in [-0.4, -0.2) is 12.5 Å². The maximum atomic E-state index is 12.7. The summed E-state index contributed by atoms with van der Waals surface area (Å²) in [6.45, 7) is 4.55. The van der Waals surface area contributed by atoms with Crippen LogP contribution in [0.2, 0.25) is 0 Å². The summed E-state index contributed by atoms with van der Waals surface area (Å²) in [6, 6.07) is 17.2. The molecule has 0 saturated heterocycles. The highest BCUT2D eigenvalue weighted by Gasteiger charge is 2.22. The summed E-state index contributed by atoms with van der Waals surface area (Å²) < 4.78 is 0. The molecular formula is C17H20N2O. The molecule has 104 valence electrons. The molecule has 20 heavy (non-hydrogen) atoms. The number of anilines is 2. The molecule has 0 aliphatic heterocycles. The Morgan fingerprint density at radius 1 is 1.15 bits per heavy atom. The molecule has 0 fully saturated rings. The lowest BCUT2D eigenvalue weighted by atomic mass is 9.99. The fourth-order valence-corrected chi connectivity index (χ4v) is 2.28. The molecule has 2 N–H and O–H groups in total. The number of likely N-dealkylation sites (N-methyl/N-ethyl adjacent to an activating group) is 1. The van der Waals surface area contributed by atoms with Gasteiger partial charge in [0.25, 0.3) is 0 Å². The quantitative estimate of drug-likeness (QED) is 0.864. The molecule has 0 heterocycles. The summed E-state index contributed by atoms with van der Waals surface area (Å²) in [7, 11) is 0.